The second-order valence-corrected chi connectivity index (χ2v) is 4.77. The Balaban J connectivity index is 2.73. The average Bonchev–Trinajstić information content (AvgIpc) is 2.45. The van der Waals surface area contributed by atoms with Gasteiger partial charge < -0.3 is 20.1 Å². The molecule has 0 aromatic heterocycles. The first-order valence-corrected chi connectivity index (χ1v) is 6.91. The summed E-state index contributed by atoms with van der Waals surface area (Å²) in [4.78, 5) is 24.7. The van der Waals surface area contributed by atoms with E-state index in [0.717, 1.165) is 0 Å². The SMILES string of the molecule is CCOCCN(C)C(=O)N[C@@H](C(=O)O)c1ccccc1Cl. The number of halogens is 1. The number of rotatable bonds is 7. The fourth-order valence-electron chi connectivity index (χ4n) is 1.66. The molecule has 0 unspecified atom stereocenters. The van der Waals surface area contributed by atoms with E-state index in [-0.39, 0.29) is 0 Å². The summed E-state index contributed by atoms with van der Waals surface area (Å²) < 4.78 is 5.15. The summed E-state index contributed by atoms with van der Waals surface area (Å²) in [6.45, 7) is 3.18. The summed E-state index contributed by atoms with van der Waals surface area (Å²) in [5.74, 6) is -1.17. The number of aliphatic carboxylic acids is 1. The zero-order valence-corrected chi connectivity index (χ0v) is 12.8. The lowest BCUT2D eigenvalue weighted by Crippen LogP contribution is -2.43. The van der Waals surface area contributed by atoms with Gasteiger partial charge in [0, 0.05) is 30.8 Å². The summed E-state index contributed by atoms with van der Waals surface area (Å²) in [5.41, 5.74) is 0.346. The summed E-state index contributed by atoms with van der Waals surface area (Å²) in [6.07, 6.45) is 0. The van der Waals surface area contributed by atoms with Crippen LogP contribution in [0.1, 0.15) is 18.5 Å². The van der Waals surface area contributed by atoms with Crippen molar-refractivity contribution >= 4 is 23.6 Å². The van der Waals surface area contributed by atoms with E-state index in [4.69, 9.17) is 16.3 Å². The fourth-order valence-corrected chi connectivity index (χ4v) is 1.91. The fraction of sp³-hybridized carbons (Fsp3) is 0.429. The minimum absolute atomic E-state index is 0.294. The van der Waals surface area contributed by atoms with E-state index in [1.165, 1.54) is 4.90 Å². The first kappa shape index (κ1) is 17.3. The molecular weight excluding hydrogens is 296 g/mol. The predicted octanol–water partition coefficient (Wildman–Crippen LogP) is 2.14. The third-order valence-corrected chi connectivity index (χ3v) is 3.20. The van der Waals surface area contributed by atoms with Crippen molar-refractivity contribution < 1.29 is 19.4 Å². The minimum Gasteiger partial charge on any atom is -0.479 e. The van der Waals surface area contributed by atoms with Crippen LogP contribution in [0, 0.1) is 0 Å². The van der Waals surface area contributed by atoms with E-state index in [1.807, 2.05) is 6.92 Å². The lowest BCUT2D eigenvalue weighted by Gasteiger charge is -2.22. The van der Waals surface area contributed by atoms with Crippen LogP contribution in [0.2, 0.25) is 5.02 Å². The highest BCUT2D eigenvalue weighted by Gasteiger charge is 2.25. The van der Waals surface area contributed by atoms with Crippen LogP contribution < -0.4 is 5.32 Å². The van der Waals surface area contributed by atoms with Gasteiger partial charge in [-0.05, 0) is 13.0 Å². The molecule has 0 aliphatic carbocycles. The number of hydrogen-bond donors (Lipinski definition) is 2. The molecule has 6 nitrogen and oxygen atoms in total. The standard InChI is InChI=1S/C14H19ClN2O4/c1-3-21-9-8-17(2)14(20)16-12(13(18)19)10-6-4-5-7-11(10)15/h4-7,12H,3,8-9H2,1-2H3,(H,16,20)(H,18,19)/t12-/m1/s1. The molecule has 116 valence electrons. The zero-order chi connectivity index (χ0) is 15.8. The van der Waals surface area contributed by atoms with Crippen molar-refractivity contribution in [3.8, 4) is 0 Å². The molecule has 0 fully saturated rings. The molecule has 1 atom stereocenters. The van der Waals surface area contributed by atoms with E-state index >= 15 is 0 Å². The molecule has 1 aromatic rings. The van der Waals surface area contributed by atoms with E-state index in [9.17, 15) is 14.7 Å². The van der Waals surface area contributed by atoms with Crippen LogP contribution in [0.3, 0.4) is 0 Å². The summed E-state index contributed by atoms with van der Waals surface area (Å²) in [7, 11) is 1.57. The predicted molar refractivity (Wildman–Crippen MR) is 79.5 cm³/mol. The van der Waals surface area contributed by atoms with Gasteiger partial charge in [-0.25, -0.2) is 9.59 Å². The molecule has 1 rings (SSSR count). The number of carbonyl (C=O) groups excluding carboxylic acids is 1. The van der Waals surface area contributed by atoms with Gasteiger partial charge in [0.2, 0.25) is 0 Å². The summed E-state index contributed by atoms with van der Waals surface area (Å²) >= 11 is 5.98. The summed E-state index contributed by atoms with van der Waals surface area (Å²) in [6, 6.07) is 4.82. The van der Waals surface area contributed by atoms with Crippen LogP contribution >= 0.6 is 11.6 Å². The van der Waals surface area contributed by atoms with E-state index in [2.05, 4.69) is 5.32 Å². The molecule has 0 heterocycles. The van der Waals surface area contributed by atoms with Crippen molar-refractivity contribution in [3.05, 3.63) is 34.9 Å². The van der Waals surface area contributed by atoms with E-state index < -0.39 is 18.0 Å². The lowest BCUT2D eigenvalue weighted by atomic mass is 10.1. The first-order chi connectivity index (χ1) is 9.97. The molecule has 2 N–H and O–H groups in total. The second-order valence-electron chi connectivity index (χ2n) is 4.36. The molecule has 2 amide bonds. The van der Waals surface area contributed by atoms with Crippen LogP contribution in [0.25, 0.3) is 0 Å². The van der Waals surface area contributed by atoms with Gasteiger partial charge in [0.05, 0.1) is 6.61 Å². The van der Waals surface area contributed by atoms with Gasteiger partial charge in [-0.2, -0.15) is 0 Å². The van der Waals surface area contributed by atoms with Gasteiger partial charge >= 0.3 is 12.0 Å². The molecular formula is C14H19ClN2O4. The van der Waals surface area contributed by atoms with Crippen molar-refractivity contribution in [2.24, 2.45) is 0 Å². The molecule has 0 aliphatic heterocycles. The number of nitrogens with zero attached hydrogens (tertiary/aromatic N) is 1. The molecule has 0 radical (unpaired) electrons. The maximum absolute atomic E-state index is 12.0. The van der Waals surface area contributed by atoms with Crippen molar-refractivity contribution in [1.82, 2.24) is 10.2 Å². The lowest BCUT2D eigenvalue weighted by molar-refractivity contribution is -0.139. The Morgan fingerprint density at radius 1 is 1.43 bits per heavy atom. The number of carboxylic acids is 1. The second kappa shape index (κ2) is 8.49. The number of carbonyl (C=O) groups is 2. The largest absolute Gasteiger partial charge is 0.479 e. The van der Waals surface area contributed by atoms with Crippen LogP contribution in [0.15, 0.2) is 24.3 Å². The average molecular weight is 315 g/mol. The topological polar surface area (TPSA) is 78.9 Å². The van der Waals surface area contributed by atoms with Gasteiger partial charge in [0.15, 0.2) is 6.04 Å². The zero-order valence-electron chi connectivity index (χ0n) is 12.0. The number of benzene rings is 1. The number of nitrogens with one attached hydrogen (secondary N) is 1. The van der Waals surface area contributed by atoms with Gasteiger partial charge in [-0.1, -0.05) is 29.8 Å². The number of likely N-dealkylation sites (N-methyl/N-ethyl adjacent to an activating group) is 1. The number of ether oxygens (including phenoxy) is 1. The molecule has 1 aromatic carbocycles. The molecule has 0 saturated heterocycles. The highest BCUT2D eigenvalue weighted by molar-refractivity contribution is 6.31. The Bertz CT molecular complexity index is 496. The van der Waals surface area contributed by atoms with E-state index in [1.54, 1.807) is 31.3 Å². The summed E-state index contributed by atoms with van der Waals surface area (Å²) in [5, 5.41) is 12.0. The van der Waals surface area contributed by atoms with Gasteiger partial charge in [0.25, 0.3) is 0 Å². The Morgan fingerprint density at radius 3 is 2.67 bits per heavy atom. The normalized spacial score (nSPS) is 11.8. The van der Waals surface area contributed by atoms with Crippen molar-refractivity contribution in [2.75, 3.05) is 26.8 Å². The number of carboxylic acid groups (broad SMARTS) is 1. The Morgan fingerprint density at radius 2 is 2.10 bits per heavy atom. The monoisotopic (exact) mass is 314 g/mol. The van der Waals surface area contributed by atoms with Gasteiger partial charge in [-0.3, -0.25) is 0 Å². The van der Waals surface area contributed by atoms with Crippen molar-refractivity contribution in [2.45, 2.75) is 13.0 Å². The third kappa shape index (κ3) is 5.24. The number of amides is 2. The Hall–Kier alpha value is -1.79. The highest BCUT2D eigenvalue weighted by Crippen LogP contribution is 2.23. The first-order valence-electron chi connectivity index (χ1n) is 6.54. The highest BCUT2D eigenvalue weighted by atomic mass is 35.5. The van der Waals surface area contributed by atoms with Crippen LogP contribution in [-0.4, -0.2) is 48.8 Å². The minimum atomic E-state index is -1.19. The molecule has 0 spiro atoms. The smallest absolute Gasteiger partial charge is 0.331 e. The maximum atomic E-state index is 12.0. The number of urea groups is 1. The molecule has 21 heavy (non-hydrogen) atoms. The molecule has 7 heteroatoms. The molecule has 0 saturated carbocycles. The van der Waals surface area contributed by atoms with Crippen LogP contribution in [-0.2, 0) is 9.53 Å². The van der Waals surface area contributed by atoms with Crippen LogP contribution in [0.5, 0.6) is 0 Å². The molecule has 0 aliphatic rings. The van der Waals surface area contributed by atoms with E-state index in [0.29, 0.717) is 30.3 Å². The third-order valence-electron chi connectivity index (χ3n) is 2.85. The van der Waals surface area contributed by atoms with Gasteiger partial charge in [0.1, 0.15) is 0 Å². The Labute approximate surface area is 128 Å². The Kier molecular flexibility index (Phi) is 6.98. The quantitative estimate of drug-likeness (QED) is 0.756. The number of hydrogen-bond acceptors (Lipinski definition) is 3. The van der Waals surface area contributed by atoms with Gasteiger partial charge in [-0.15, -0.1) is 0 Å². The van der Waals surface area contributed by atoms with Crippen LogP contribution in [0.4, 0.5) is 4.79 Å². The van der Waals surface area contributed by atoms with Crippen molar-refractivity contribution in [3.63, 3.8) is 0 Å². The van der Waals surface area contributed by atoms with Crippen molar-refractivity contribution in [1.29, 1.82) is 0 Å². The molecule has 0 bridgehead atoms. The maximum Gasteiger partial charge on any atom is 0.331 e.